The van der Waals surface area contributed by atoms with Gasteiger partial charge in [0.1, 0.15) is 4.99 Å². The van der Waals surface area contributed by atoms with Crippen LogP contribution in [0.25, 0.3) is 0 Å². The second-order valence-corrected chi connectivity index (χ2v) is 7.57. The minimum Gasteiger partial charge on any atom is -0.389 e. The molecule has 0 saturated heterocycles. The van der Waals surface area contributed by atoms with Gasteiger partial charge >= 0.3 is 0 Å². The zero-order valence-corrected chi connectivity index (χ0v) is 14.5. The molecule has 0 aliphatic heterocycles. The third-order valence-electron chi connectivity index (χ3n) is 2.60. The molecular weight excluding hydrogens is 396 g/mol. The molecule has 0 aliphatic rings. The van der Waals surface area contributed by atoms with E-state index in [0.29, 0.717) is 16.3 Å². The van der Waals surface area contributed by atoms with Crippen molar-refractivity contribution < 1.29 is 8.42 Å². The van der Waals surface area contributed by atoms with E-state index in [9.17, 15) is 8.42 Å². The summed E-state index contributed by atoms with van der Waals surface area (Å²) in [6.45, 7) is 0. The molecule has 0 aromatic heterocycles. The van der Waals surface area contributed by atoms with Crippen LogP contribution in [-0.2, 0) is 10.0 Å². The Bertz CT molecular complexity index is 810. The lowest BCUT2D eigenvalue weighted by Gasteiger charge is -2.10. The van der Waals surface area contributed by atoms with Crippen molar-refractivity contribution in [2.24, 2.45) is 5.73 Å². The number of anilines is 1. The predicted molar refractivity (Wildman–Crippen MR) is 92.3 cm³/mol. The van der Waals surface area contributed by atoms with Gasteiger partial charge in [-0.2, -0.15) is 0 Å². The number of thiocarbonyl (C=S) groups is 1. The van der Waals surface area contributed by atoms with Crippen LogP contribution in [0, 0.1) is 0 Å². The highest BCUT2D eigenvalue weighted by Crippen LogP contribution is 2.27. The van der Waals surface area contributed by atoms with Crippen LogP contribution in [0.4, 0.5) is 5.69 Å². The Morgan fingerprint density at radius 3 is 2.57 bits per heavy atom. The van der Waals surface area contributed by atoms with Crippen molar-refractivity contribution in [2.75, 3.05) is 4.72 Å². The van der Waals surface area contributed by atoms with Crippen molar-refractivity contribution in [2.45, 2.75) is 4.90 Å². The molecule has 2 rings (SSSR count). The van der Waals surface area contributed by atoms with Crippen LogP contribution in [0.5, 0.6) is 0 Å². The highest BCUT2D eigenvalue weighted by molar-refractivity contribution is 9.10. The molecule has 2 aromatic rings. The number of benzene rings is 2. The highest BCUT2D eigenvalue weighted by Gasteiger charge is 2.16. The number of hydrogen-bond acceptors (Lipinski definition) is 3. The molecule has 0 radical (unpaired) electrons. The van der Waals surface area contributed by atoms with Gasteiger partial charge in [-0.05, 0) is 30.3 Å². The van der Waals surface area contributed by atoms with E-state index in [0.717, 1.165) is 4.47 Å². The Kier molecular flexibility index (Phi) is 4.88. The second kappa shape index (κ2) is 6.31. The monoisotopic (exact) mass is 404 g/mol. The quantitative estimate of drug-likeness (QED) is 0.763. The van der Waals surface area contributed by atoms with Crippen LogP contribution in [0.1, 0.15) is 5.56 Å². The summed E-state index contributed by atoms with van der Waals surface area (Å²) in [5.41, 5.74) is 6.28. The van der Waals surface area contributed by atoms with Crippen LogP contribution in [0.3, 0.4) is 0 Å². The number of rotatable bonds is 4. The van der Waals surface area contributed by atoms with Gasteiger partial charge in [0.2, 0.25) is 0 Å². The van der Waals surface area contributed by atoms with Gasteiger partial charge in [-0.1, -0.05) is 51.9 Å². The van der Waals surface area contributed by atoms with E-state index in [2.05, 4.69) is 20.7 Å². The van der Waals surface area contributed by atoms with Crippen LogP contribution in [0.2, 0.25) is 5.02 Å². The maximum Gasteiger partial charge on any atom is 0.261 e. The number of sulfonamides is 1. The summed E-state index contributed by atoms with van der Waals surface area (Å²) < 4.78 is 27.9. The van der Waals surface area contributed by atoms with Crippen molar-refractivity contribution >= 4 is 60.4 Å². The largest absolute Gasteiger partial charge is 0.389 e. The first kappa shape index (κ1) is 16.2. The van der Waals surface area contributed by atoms with Crippen LogP contribution in [0.15, 0.2) is 51.8 Å². The number of halogens is 2. The van der Waals surface area contributed by atoms with Crippen LogP contribution in [-0.4, -0.2) is 13.4 Å². The average molecular weight is 406 g/mol. The summed E-state index contributed by atoms with van der Waals surface area (Å²) in [6.07, 6.45) is 0. The first-order valence-corrected chi connectivity index (χ1v) is 8.73. The van der Waals surface area contributed by atoms with Gasteiger partial charge in [0, 0.05) is 10.0 Å². The molecule has 0 aliphatic carbocycles. The highest BCUT2D eigenvalue weighted by atomic mass is 79.9. The molecule has 0 atom stereocenters. The van der Waals surface area contributed by atoms with Crippen LogP contribution >= 0.6 is 39.7 Å². The summed E-state index contributed by atoms with van der Waals surface area (Å²) in [5.74, 6) is 0. The summed E-state index contributed by atoms with van der Waals surface area (Å²) in [7, 11) is -3.77. The van der Waals surface area contributed by atoms with Crippen molar-refractivity contribution in [3.05, 3.63) is 57.5 Å². The van der Waals surface area contributed by atoms with Crippen LogP contribution < -0.4 is 10.5 Å². The second-order valence-electron chi connectivity index (χ2n) is 4.12. The molecule has 3 N–H and O–H groups in total. The maximum absolute atomic E-state index is 12.3. The minimum atomic E-state index is -3.77. The summed E-state index contributed by atoms with van der Waals surface area (Å²) in [4.78, 5) is 0.195. The molecule has 2 aromatic carbocycles. The molecule has 0 heterocycles. The van der Waals surface area contributed by atoms with Gasteiger partial charge in [0.15, 0.2) is 0 Å². The number of nitrogens with two attached hydrogens (primary N) is 1. The molecule has 0 spiro atoms. The first-order valence-electron chi connectivity index (χ1n) is 5.67. The third kappa shape index (κ3) is 3.94. The van der Waals surface area contributed by atoms with E-state index in [-0.39, 0.29) is 9.88 Å². The van der Waals surface area contributed by atoms with E-state index in [4.69, 9.17) is 29.6 Å². The average Bonchev–Trinajstić information content (AvgIpc) is 2.42. The number of nitrogens with one attached hydrogen (secondary N) is 1. The van der Waals surface area contributed by atoms with Crippen molar-refractivity contribution in [3.8, 4) is 0 Å². The van der Waals surface area contributed by atoms with Gasteiger partial charge < -0.3 is 5.73 Å². The number of hydrogen-bond donors (Lipinski definition) is 2. The molecule has 0 unspecified atom stereocenters. The lowest BCUT2D eigenvalue weighted by Crippen LogP contribution is -2.15. The van der Waals surface area contributed by atoms with E-state index < -0.39 is 10.0 Å². The summed E-state index contributed by atoms with van der Waals surface area (Å²) in [6, 6.07) is 11.0. The van der Waals surface area contributed by atoms with Crippen molar-refractivity contribution in [3.63, 3.8) is 0 Å². The Labute approximate surface area is 141 Å². The molecule has 8 heteroatoms. The topological polar surface area (TPSA) is 72.2 Å². The third-order valence-corrected chi connectivity index (χ3v) is 5.01. The molecule has 0 fully saturated rings. The van der Waals surface area contributed by atoms with E-state index >= 15 is 0 Å². The molecule has 21 heavy (non-hydrogen) atoms. The zero-order chi connectivity index (χ0) is 15.6. The van der Waals surface area contributed by atoms with Gasteiger partial charge in [0.05, 0.1) is 15.6 Å². The lowest BCUT2D eigenvalue weighted by molar-refractivity contribution is 0.601. The van der Waals surface area contributed by atoms with Gasteiger partial charge in [-0.3, -0.25) is 4.72 Å². The standard InChI is InChI=1S/C13H10BrClN2O2S2/c14-9-4-5-12(11(15)7-9)17-21(18,19)10-3-1-2-8(6-10)13(16)20/h1-7,17H,(H2,16,20). The molecular formula is C13H10BrClN2O2S2. The fourth-order valence-electron chi connectivity index (χ4n) is 1.59. The van der Waals surface area contributed by atoms with Gasteiger partial charge in [-0.25, -0.2) is 8.42 Å². The zero-order valence-electron chi connectivity index (χ0n) is 10.5. The van der Waals surface area contributed by atoms with Crippen molar-refractivity contribution in [1.82, 2.24) is 0 Å². The Balaban J connectivity index is 2.38. The van der Waals surface area contributed by atoms with Crippen molar-refractivity contribution in [1.29, 1.82) is 0 Å². The van der Waals surface area contributed by atoms with Gasteiger partial charge in [-0.15, -0.1) is 0 Å². The molecule has 0 saturated carbocycles. The Morgan fingerprint density at radius 1 is 1.24 bits per heavy atom. The molecule has 0 amide bonds. The van der Waals surface area contributed by atoms with E-state index in [1.807, 2.05) is 0 Å². The fourth-order valence-corrected chi connectivity index (χ4v) is 3.62. The maximum atomic E-state index is 12.3. The fraction of sp³-hybridized carbons (Fsp3) is 0. The summed E-state index contributed by atoms with van der Waals surface area (Å²) >= 11 is 14.1. The predicted octanol–water partition coefficient (Wildman–Crippen LogP) is 3.54. The SMILES string of the molecule is NC(=S)c1cccc(S(=O)(=O)Nc2ccc(Br)cc2Cl)c1. The lowest BCUT2D eigenvalue weighted by atomic mass is 10.2. The normalized spacial score (nSPS) is 11.1. The Morgan fingerprint density at radius 2 is 1.95 bits per heavy atom. The smallest absolute Gasteiger partial charge is 0.261 e. The summed E-state index contributed by atoms with van der Waals surface area (Å²) in [5, 5.41) is 0.290. The molecule has 110 valence electrons. The minimum absolute atomic E-state index is 0.0618. The van der Waals surface area contributed by atoms with E-state index in [1.54, 1.807) is 30.3 Å². The molecule has 0 bridgehead atoms. The molecule has 4 nitrogen and oxygen atoms in total. The van der Waals surface area contributed by atoms with E-state index in [1.165, 1.54) is 12.1 Å². The van der Waals surface area contributed by atoms with Gasteiger partial charge in [0.25, 0.3) is 10.0 Å². The Hall–Kier alpha value is -1.15. The first-order chi connectivity index (χ1) is 9.79.